The van der Waals surface area contributed by atoms with Crippen molar-refractivity contribution in [2.75, 3.05) is 23.8 Å². The van der Waals surface area contributed by atoms with Crippen molar-refractivity contribution in [3.63, 3.8) is 0 Å². The fourth-order valence-electron chi connectivity index (χ4n) is 4.85. The van der Waals surface area contributed by atoms with Crippen molar-refractivity contribution in [1.29, 1.82) is 0 Å². The van der Waals surface area contributed by atoms with E-state index in [4.69, 9.17) is 15.6 Å². The highest BCUT2D eigenvalue weighted by atomic mass is 32.2. The molecule has 0 unspecified atom stereocenters. The number of halogens is 1. The van der Waals surface area contributed by atoms with Gasteiger partial charge in [0, 0.05) is 23.5 Å². The molecule has 0 fully saturated rings. The van der Waals surface area contributed by atoms with Crippen LogP contribution in [0.4, 0.5) is 15.9 Å². The zero-order valence-electron chi connectivity index (χ0n) is 22.3. The lowest BCUT2D eigenvalue weighted by Crippen LogP contribution is -2.19. The molecule has 1 aromatic carbocycles. The maximum Gasteiger partial charge on any atom is 0.263 e. The van der Waals surface area contributed by atoms with E-state index in [1.807, 2.05) is 18.2 Å². The maximum absolute atomic E-state index is 14.1. The predicted octanol–water partition coefficient (Wildman–Crippen LogP) is 3.32. The van der Waals surface area contributed by atoms with Gasteiger partial charge in [0.15, 0.2) is 5.65 Å². The number of pyridine rings is 3. The molecule has 0 atom stereocenters. The molecule has 0 saturated carbocycles. The first kappa shape index (κ1) is 26.8. The first-order valence-electron chi connectivity index (χ1n) is 12.5. The van der Waals surface area contributed by atoms with Crippen LogP contribution in [0, 0.1) is 5.82 Å². The van der Waals surface area contributed by atoms with Gasteiger partial charge in [-0.3, -0.25) is 13.9 Å². The minimum absolute atomic E-state index is 0.0673. The van der Waals surface area contributed by atoms with Crippen LogP contribution >= 0.6 is 0 Å². The van der Waals surface area contributed by atoms with Crippen LogP contribution in [0.15, 0.2) is 78.1 Å². The summed E-state index contributed by atoms with van der Waals surface area (Å²) in [5.74, 6) is -0.325. The summed E-state index contributed by atoms with van der Waals surface area (Å²) in [6, 6.07) is 15.2. The molecule has 0 spiro atoms. The van der Waals surface area contributed by atoms with Gasteiger partial charge in [-0.2, -0.15) is 5.10 Å². The first-order chi connectivity index (χ1) is 20.1. The Morgan fingerprint density at radius 2 is 1.83 bits per heavy atom. The molecule has 6 rings (SSSR count). The minimum atomic E-state index is -3.65. The summed E-state index contributed by atoms with van der Waals surface area (Å²) in [7, 11) is -2.28. The molecule has 0 saturated heterocycles. The number of sulfonamides is 1. The Hall–Kier alpha value is -5.37. The van der Waals surface area contributed by atoms with Crippen molar-refractivity contribution in [2.24, 2.45) is 0 Å². The number of fused-ring (bicyclic) bond motifs is 2. The number of nitrogens with two attached hydrogens (primary N) is 1. The summed E-state index contributed by atoms with van der Waals surface area (Å²) < 4.78 is 48.5. The van der Waals surface area contributed by atoms with Gasteiger partial charge in [-0.05, 0) is 35.4 Å². The van der Waals surface area contributed by atoms with Gasteiger partial charge in [-0.15, -0.1) is 0 Å². The second kappa shape index (κ2) is 10.2. The SMILES string of the molecule is COc1ncc(-c2nn(Cc3cc4ccc(F)cn4c(=O)c3-c3ccccc3)c3ncnc(N)c23)cc1NS(C)(=O)=O. The quantitative estimate of drug-likeness (QED) is 0.286. The topological polar surface area (TPSA) is 159 Å². The van der Waals surface area contributed by atoms with E-state index in [9.17, 15) is 17.6 Å². The van der Waals surface area contributed by atoms with Crippen molar-refractivity contribution >= 4 is 38.1 Å². The number of benzene rings is 1. The van der Waals surface area contributed by atoms with Crippen molar-refractivity contribution in [2.45, 2.75) is 6.54 Å². The number of nitrogen functional groups attached to an aromatic ring is 1. The second-order valence-corrected chi connectivity index (χ2v) is 11.2. The van der Waals surface area contributed by atoms with E-state index >= 15 is 0 Å². The zero-order valence-corrected chi connectivity index (χ0v) is 23.1. The van der Waals surface area contributed by atoms with E-state index in [1.54, 1.807) is 22.9 Å². The molecule has 0 aliphatic rings. The van der Waals surface area contributed by atoms with Crippen LogP contribution in [-0.4, -0.2) is 50.9 Å². The summed E-state index contributed by atoms with van der Waals surface area (Å²) in [4.78, 5) is 26.5. The smallest absolute Gasteiger partial charge is 0.263 e. The molecule has 212 valence electrons. The Morgan fingerprint density at radius 3 is 2.57 bits per heavy atom. The fourth-order valence-corrected chi connectivity index (χ4v) is 5.39. The summed E-state index contributed by atoms with van der Waals surface area (Å²) in [6.45, 7) is 0.0956. The molecule has 0 radical (unpaired) electrons. The molecule has 14 heteroatoms. The summed E-state index contributed by atoms with van der Waals surface area (Å²) in [5, 5.41) is 5.19. The van der Waals surface area contributed by atoms with Gasteiger partial charge in [0.25, 0.3) is 5.56 Å². The number of rotatable bonds is 7. The molecule has 12 nitrogen and oxygen atoms in total. The van der Waals surface area contributed by atoms with E-state index in [1.165, 1.54) is 42.2 Å². The van der Waals surface area contributed by atoms with Crippen LogP contribution in [0.5, 0.6) is 5.88 Å². The van der Waals surface area contributed by atoms with E-state index < -0.39 is 21.4 Å². The average Bonchev–Trinajstić information content (AvgIpc) is 3.33. The molecule has 0 aliphatic carbocycles. The molecule has 42 heavy (non-hydrogen) atoms. The maximum atomic E-state index is 14.1. The lowest BCUT2D eigenvalue weighted by molar-refractivity contribution is 0.400. The van der Waals surface area contributed by atoms with Crippen molar-refractivity contribution in [1.82, 2.24) is 29.1 Å². The van der Waals surface area contributed by atoms with Gasteiger partial charge < -0.3 is 10.5 Å². The lowest BCUT2D eigenvalue weighted by atomic mass is 10.0. The Balaban J connectivity index is 1.56. The normalized spacial score (nSPS) is 11.7. The van der Waals surface area contributed by atoms with Gasteiger partial charge in [0.1, 0.15) is 29.3 Å². The Bertz CT molecular complexity index is 2170. The number of methoxy groups -OCH3 is 1. The molecule has 0 bridgehead atoms. The molecule has 5 heterocycles. The number of anilines is 2. The third-order valence-corrected chi connectivity index (χ3v) is 7.16. The van der Waals surface area contributed by atoms with Crippen molar-refractivity contribution < 1.29 is 17.5 Å². The lowest BCUT2D eigenvalue weighted by Gasteiger charge is -2.13. The monoisotopic (exact) mass is 586 g/mol. The van der Waals surface area contributed by atoms with Gasteiger partial charge in [-0.25, -0.2) is 32.4 Å². The average molecular weight is 587 g/mol. The number of ether oxygens (including phenoxy) is 1. The summed E-state index contributed by atoms with van der Waals surface area (Å²) in [6.07, 6.45) is 4.94. The van der Waals surface area contributed by atoms with Crippen molar-refractivity contribution in [3.8, 4) is 28.3 Å². The zero-order chi connectivity index (χ0) is 29.6. The van der Waals surface area contributed by atoms with Gasteiger partial charge in [0.2, 0.25) is 15.9 Å². The van der Waals surface area contributed by atoms with E-state index in [0.717, 1.165) is 12.5 Å². The first-order valence-corrected chi connectivity index (χ1v) is 14.4. The molecule has 0 aliphatic heterocycles. The van der Waals surface area contributed by atoms with E-state index in [0.29, 0.717) is 44.5 Å². The second-order valence-electron chi connectivity index (χ2n) is 9.48. The van der Waals surface area contributed by atoms with E-state index in [2.05, 4.69) is 19.7 Å². The molecule has 5 aromatic heterocycles. The largest absolute Gasteiger partial charge is 0.480 e. The Kier molecular flexibility index (Phi) is 6.54. The molecule has 0 amide bonds. The number of hydrogen-bond acceptors (Lipinski definition) is 9. The van der Waals surface area contributed by atoms with Gasteiger partial charge in [0.05, 0.1) is 30.9 Å². The summed E-state index contributed by atoms with van der Waals surface area (Å²) in [5.41, 5.74) is 9.27. The van der Waals surface area contributed by atoms with Crippen LogP contribution in [0.25, 0.3) is 38.9 Å². The Labute approximate surface area is 238 Å². The van der Waals surface area contributed by atoms with Crippen LogP contribution < -0.4 is 20.8 Å². The van der Waals surface area contributed by atoms with Crippen LogP contribution in [0.1, 0.15) is 5.56 Å². The predicted molar refractivity (Wildman–Crippen MR) is 156 cm³/mol. The highest BCUT2D eigenvalue weighted by Crippen LogP contribution is 2.34. The van der Waals surface area contributed by atoms with Crippen LogP contribution in [0.2, 0.25) is 0 Å². The van der Waals surface area contributed by atoms with Crippen LogP contribution in [-0.2, 0) is 16.6 Å². The molecular formula is C28H23FN8O4S. The minimum Gasteiger partial charge on any atom is -0.480 e. The number of hydrogen-bond donors (Lipinski definition) is 2. The van der Waals surface area contributed by atoms with Gasteiger partial charge in [-0.1, -0.05) is 30.3 Å². The van der Waals surface area contributed by atoms with Gasteiger partial charge >= 0.3 is 0 Å². The highest BCUT2D eigenvalue weighted by Gasteiger charge is 2.22. The number of nitrogens with one attached hydrogen (secondary N) is 1. The number of aromatic nitrogens is 6. The fraction of sp³-hybridized carbons (Fsp3) is 0.107. The highest BCUT2D eigenvalue weighted by molar-refractivity contribution is 7.92. The third kappa shape index (κ3) is 4.88. The summed E-state index contributed by atoms with van der Waals surface area (Å²) >= 11 is 0. The third-order valence-electron chi connectivity index (χ3n) is 6.57. The van der Waals surface area contributed by atoms with Crippen LogP contribution in [0.3, 0.4) is 0 Å². The number of nitrogens with zero attached hydrogens (tertiary/aromatic N) is 6. The standard InChI is InChI=1S/C28H23FN8O4S/c1-41-27-21(35-42(2,39)40)11-17(12-31-27)24-23-25(30)32-15-33-26(23)37(34-24)13-18-10-20-9-8-19(29)14-36(20)28(38)22(18)16-6-4-3-5-7-16/h3-12,14-15,35H,13H2,1-2H3,(H2,30,32,33). The molecular weight excluding hydrogens is 563 g/mol. The van der Waals surface area contributed by atoms with Crippen molar-refractivity contribution in [3.05, 3.63) is 95.1 Å². The van der Waals surface area contributed by atoms with E-state index in [-0.39, 0.29) is 23.9 Å². The molecule has 6 aromatic rings. The Morgan fingerprint density at radius 1 is 1.05 bits per heavy atom. The molecule has 3 N–H and O–H groups in total.